The normalized spacial score (nSPS) is 11.8. The molecule has 1 N–H and O–H groups in total. The lowest BCUT2D eigenvalue weighted by Gasteiger charge is -2.15. The fraction of sp³-hybridized carbons (Fsp3) is 0.250. The van der Waals surface area contributed by atoms with E-state index in [4.69, 9.17) is 4.74 Å². The third-order valence-electron chi connectivity index (χ3n) is 3.24. The highest BCUT2D eigenvalue weighted by atomic mass is 79.9. The quantitative estimate of drug-likeness (QED) is 0.829. The van der Waals surface area contributed by atoms with Gasteiger partial charge in [-0.1, -0.05) is 34.1 Å². The summed E-state index contributed by atoms with van der Waals surface area (Å²) in [5.74, 6) is -0.859. The van der Waals surface area contributed by atoms with Crippen LogP contribution in [0.2, 0.25) is 0 Å². The third-order valence-corrected chi connectivity index (χ3v) is 3.96. The van der Waals surface area contributed by atoms with E-state index in [0.29, 0.717) is 5.69 Å². The zero-order valence-corrected chi connectivity index (χ0v) is 14.0. The van der Waals surface area contributed by atoms with Crippen molar-refractivity contribution in [1.29, 1.82) is 0 Å². The van der Waals surface area contributed by atoms with Crippen LogP contribution in [-0.4, -0.2) is 23.1 Å². The number of halogens is 1. The molecule has 0 bridgehead atoms. The molecule has 0 saturated carbocycles. The highest BCUT2D eigenvalue weighted by Gasteiger charge is 2.15. The van der Waals surface area contributed by atoms with Crippen LogP contribution in [0.5, 0.6) is 0 Å². The van der Waals surface area contributed by atoms with Crippen molar-refractivity contribution in [3.63, 3.8) is 0 Å². The zero-order chi connectivity index (χ0) is 16.1. The number of carbonyl (C=O) groups is 2. The molecule has 1 amide bonds. The van der Waals surface area contributed by atoms with Crippen molar-refractivity contribution >= 4 is 27.8 Å². The Morgan fingerprint density at radius 1 is 1.27 bits per heavy atom. The van der Waals surface area contributed by atoms with Gasteiger partial charge in [0, 0.05) is 17.7 Å². The molecule has 0 aliphatic carbocycles. The number of benzene rings is 1. The molecule has 22 heavy (non-hydrogen) atoms. The van der Waals surface area contributed by atoms with Crippen LogP contribution >= 0.6 is 15.9 Å². The summed E-state index contributed by atoms with van der Waals surface area (Å²) in [5, 5.41) is 2.80. The number of esters is 1. The van der Waals surface area contributed by atoms with Crippen molar-refractivity contribution in [3.05, 3.63) is 58.3 Å². The average molecular weight is 365 g/mol. The first-order valence-electron chi connectivity index (χ1n) is 6.81. The maximum atomic E-state index is 11.9. The van der Waals surface area contributed by atoms with Crippen molar-refractivity contribution in [3.8, 4) is 0 Å². The molecular weight excluding hydrogens is 348 g/mol. The molecule has 1 aromatic carbocycles. The molecule has 0 aliphatic heterocycles. The zero-order valence-electron chi connectivity index (χ0n) is 12.4. The van der Waals surface area contributed by atoms with Gasteiger partial charge in [0.15, 0.2) is 6.61 Å². The highest BCUT2D eigenvalue weighted by molar-refractivity contribution is 9.10. The first kappa shape index (κ1) is 16.3. The van der Waals surface area contributed by atoms with E-state index in [2.05, 4.69) is 21.2 Å². The van der Waals surface area contributed by atoms with Gasteiger partial charge in [0.1, 0.15) is 5.69 Å². The summed E-state index contributed by atoms with van der Waals surface area (Å²) in [4.78, 5) is 23.7. The van der Waals surface area contributed by atoms with Crippen molar-refractivity contribution in [2.24, 2.45) is 7.05 Å². The van der Waals surface area contributed by atoms with E-state index in [1.807, 2.05) is 31.2 Å². The molecule has 0 saturated heterocycles. The first-order valence-corrected chi connectivity index (χ1v) is 7.60. The predicted octanol–water partition coefficient (Wildman–Crippen LogP) is 2.82. The lowest BCUT2D eigenvalue weighted by molar-refractivity contribution is -0.124. The summed E-state index contributed by atoms with van der Waals surface area (Å²) < 4.78 is 7.58. The Kier molecular flexibility index (Phi) is 5.38. The lowest BCUT2D eigenvalue weighted by atomic mass is 10.1. The lowest BCUT2D eigenvalue weighted by Crippen LogP contribution is -2.31. The molecule has 116 valence electrons. The van der Waals surface area contributed by atoms with Gasteiger partial charge in [-0.15, -0.1) is 0 Å². The fourth-order valence-electron chi connectivity index (χ4n) is 2.07. The minimum atomic E-state index is -0.517. The van der Waals surface area contributed by atoms with Gasteiger partial charge in [0.2, 0.25) is 0 Å². The molecule has 2 rings (SSSR count). The van der Waals surface area contributed by atoms with Crippen molar-refractivity contribution in [2.45, 2.75) is 13.0 Å². The van der Waals surface area contributed by atoms with Crippen LogP contribution in [-0.2, 0) is 16.6 Å². The molecule has 0 radical (unpaired) electrons. The minimum absolute atomic E-state index is 0.184. The molecule has 1 heterocycles. The van der Waals surface area contributed by atoms with Crippen LogP contribution in [0.4, 0.5) is 0 Å². The number of aromatic nitrogens is 1. The van der Waals surface area contributed by atoms with Crippen molar-refractivity contribution < 1.29 is 14.3 Å². The third kappa shape index (κ3) is 3.98. The van der Waals surface area contributed by atoms with Gasteiger partial charge in [0.25, 0.3) is 5.91 Å². The summed E-state index contributed by atoms with van der Waals surface area (Å²) in [7, 11) is 1.74. The second-order valence-corrected chi connectivity index (χ2v) is 5.75. The minimum Gasteiger partial charge on any atom is -0.451 e. The van der Waals surface area contributed by atoms with Gasteiger partial charge in [-0.05, 0) is 30.7 Å². The molecule has 0 unspecified atom stereocenters. The van der Waals surface area contributed by atoms with Crippen LogP contribution in [0.1, 0.15) is 29.0 Å². The SMILES string of the molecule is C[C@@H](NC(=O)COC(=O)c1cccn1C)c1ccccc1Br. The van der Waals surface area contributed by atoms with E-state index < -0.39 is 5.97 Å². The van der Waals surface area contributed by atoms with E-state index in [0.717, 1.165) is 10.0 Å². The molecule has 0 aliphatic rings. The Morgan fingerprint density at radius 3 is 2.64 bits per heavy atom. The Morgan fingerprint density at radius 2 is 2.00 bits per heavy atom. The number of nitrogens with one attached hydrogen (secondary N) is 1. The second-order valence-electron chi connectivity index (χ2n) is 4.89. The topological polar surface area (TPSA) is 60.3 Å². The number of nitrogens with zero attached hydrogens (tertiary/aromatic N) is 1. The van der Waals surface area contributed by atoms with Crippen molar-refractivity contribution in [2.75, 3.05) is 6.61 Å². The smallest absolute Gasteiger partial charge is 0.355 e. The highest BCUT2D eigenvalue weighted by Crippen LogP contribution is 2.22. The molecule has 0 fully saturated rings. The number of amides is 1. The molecule has 1 aromatic heterocycles. The number of hydrogen-bond donors (Lipinski definition) is 1. The number of ether oxygens (including phenoxy) is 1. The molecular formula is C16H17BrN2O3. The van der Waals surface area contributed by atoms with Crippen LogP contribution in [0.25, 0.3) is 0 Å². The van der Waals surface area contributed by atoms with Crippen LogP contribution in [0.15, 0.2) is 47.1 Å². The van der Waals surface area contributed by atoms with Gasteiger partial charge in [-0.2, -0.15) is 0 Å². The molecule has 0 spiro atoms. The van der Waals surface area contributed by atoms with E-state index in [1.165, 1.54) is 0 Å². The predicted molar refractivity (Wildman–Crippen MR) is 86.4 cm³/mol. The summed E-state index contributed by atoms with van der Waals surface area (Å²) in [6.07, 6.45) is 1.74. The Balaban J connectivity index is 1.87. The Labute approximate surface area is 137 Å². The van der Waals surface area contributed by atoms with E-state index >= 15 is 0 Å². The average Bonchev–Trinajstić information content (AvgIpc) is 2.91. The molecule has 5 nitrogen and oxygen atoms in total. The number of aryl methyl sites for hydroxylation is 1. The number of carbonyl (C=O) groups excluding carboxylic acids is 2. The summed E-state index contributed by atoms with van der Waals surface area (Å²) >= 11 is 3.44. The summed E-state index contributed by atoms with van der Waals surface area (Å²) in [6.45, 7) is 1.57. The van der Waals surface area contributed by atoms with Gasteiger partial charge in [0.05, 0.1) is 6.04 Å². The summed E-state index contributed by atoms with van der Waals surface area (Å²) in [5.41, 5.74) is 1.37. The largest absolute Gasteiger partial charge is 0.451 e. The first-order chi connectivity index (χ1) is 10.5. The molecule has 2 aromatic rings. The van der Waals surface area contributed by atoms with Gasteiger partial charge in [-0.3, -0.25) is 4.79 Å². The monoisotopic (exact) mass is 364 g/mol. The van der Waals surface area contributed by atoms with Crippen LogP contribution in [0, 0.1) is 0 Å². The van der Waals surface area contributed by atoms with Crippen molar-refractivity contribution in [1.82, 2.24) is 9.88 Å². The number of hydrogen-bond acceptors (Lipinski definition) is 3. The standard InChI is InChI=1S/C16H17BrN2O3/c1-11(12-6-3-4-7-13(12)17)18-15(20)10-22-16(21)14-8-5-9-19(14)2/h3-9,11H,10H2,1-2H3,(H,18,20)/t11-/m1/s1. The van der Waals surface area contributed by atoms with E-state index in [9.17, 15) is 9.59 Å². The second kappa shape index (κ2) is 7.26. The maximum absolute atomic E-state index is 11.9. The van der Waals surface area contributed by atoms with E-state index in [1.54, 1.807) is 29.9 Å². The Hall–Kier alpha value is -2.08. The molecule has 6 heteroatoms. The summed E-state index contributed by atoms with van der Waals surface area (Å²) in [6, 6.07) is 10.8. The Bertz CT molecular complexity index is 682. The van der Waals surface area contributed by atoms with Gasteiger partial charge in [-0.25, -0.2) is 4.79 Å². The van der Waals surface area contributed by atoms with Crippen LogP contribution < -0.4 is 5.32 Å². The molecule has 1 atom stereocenters. The fourth-order valence-corrected chi connectivity index (χ4v) is 2.69. The van der Waals surface area contributed by atoms with E-state index in [-0.39, 0.29) is 18.6 Å². The van der Waals surface area contributed by atoms with Gasteiger partial charge >= 0.3 is 5.97 Å². The van der Waals surface area contributed by atoms with Gasteiger partial charge < -0.3 is 14.6 Å². The maximum Gasteiger partial charge on any atom is 0.355 e. The van der Waals surface area contributed by atoms with Crippen LogP contribution in [0.3, 0.4) is 0 Å². The number of rotatable bonds is 5.